The maximum Gasteiger partial charge on any atom is 0.264 e. The van der Waals surface area contributed by atoms with E-state index in [1.54, 1.807) is 12.1 Å². The lowest BCUT2D eigenvalue weighted by Gasteiger charge is -2.38. The summed E-state index contributed by atoms with van der Waals surface area (Å²) in [6.07, 6.45) is 5.98. The Balaban J connectivity index is 1.78. The standard InChI is InChI=1S/C22H27BrN2O4S/c1-25(29-2)30(27,28)20-12-8-18(9-13-20)21(26)24-22(14-4-3-5-15-22)16-17-6-10-19(23)11-7-17/h6-13H,3-5,14-16H2,1-2H3,(H,24,26). The van der Waals surface area contributed by atoms with E-state index >= 15 is 0 Å². The van der Waals surface area contributed by atoms with Gasteiger partial charge in [0.2, 0.25) is 0 Å². The summed E-state index contributed by atoms with van der Waals surface area (Å²) in [5.74, 6) is -0.182. The molecule has 0 atom stereocenters. The molecule has 0 saturated heterocycles. The second-order valence-electron chi connectivity index (χ2n) is 7.72. The lowest BCUT2D eigenvalue weighted by Crippen LogP contribution is -2.51. The van der Waals surface area contributed by atoms with Crippen molar-refractivity contribution >= 4 is 31.9 Å². The first kappa shape index (κ1) is 22.9. The molecule has 0 radical (unpaired) electrons. The monoisotopic (exact) mass is 494 g/mol. The first-order chi connectivity index (χ1) is 14.3. The van der Waals surface area contributed by atoms with Crippen LogP contribution < -0.4 is 5.32 Å². The smallest absolute Gasteiger partial charge is 0.264 e. The number of sulfonamides is 1. The number of nitrogens with one attached hydrogen (secondary N) is 1. The van der Waals surface area contributed by atoms with Gasteiger partial charge in [-0.2, -0.15) is 0 Å². The molecule has 2 aromatic carbocycles. The average molecular weight is 495 g/mol. The fourth-order valence-corrected chi connectivity index (χ4v) is 5.14. The lowest BCUT2D eigenvalue weighted by atomic mass is 9.77. The molecule has 1 aliphatic rings. The van der Waals surface area contributed by atoms with E-state index in [0.29, 0.717) is 5.56 Å². The molecule has 2 aromatic rings. The fourth-order valence-electron chi connectivity index (χ4n) is 3.91. The number of halogens is 1. The van der Waals surface area contributed by atoms with Crippen LogP contribution in [0.4, 0.5) is 0 Å². The molecule has 162 valence electrons. The Hall–Kier alpha value is -1.74. The van der Waals surface area contributed by atoms with Crippen LogP contribution in [0.1, 0.15) is 48.0 Å². The van der Waals surface area contributed by atoms with Crippen LogP contribution in [-0.2, 0) is 21.3 Å². The molecule has 1 aliphatic carbocycles. The van der Waals surface area contributed by atoms with Crippen molar-refractivity contribution in [2.75, 3.05) is 14.2 Å². The predicted molar refractivity (Wildman–Crippen MR) is 120 cm³/mol. The first-order valence-electron chi connectivity index (χ1n) is 9.96. The number of carbonyl (C=O) groups excluding carboxylic acids is 1. The highest BCUT2D eigenvalue weighted by Crippen LogP contribution is 2.32. The maximum absolute atomic E-state index is 13.0. The number of carbonyl (C=O) groups is 1. The Kier molecular flexibility index (Phi) is 7.34. The number of amides is 1. The summed E-state index contributed by atoms with van der Waals surface area (Å²) >= 11 is 3.46. The van der Waals surface area contributed by atoms with Crippen LogP contribution in [0.15, 0.2) is 57.9 Å². The molecule has 30 heavy (non-hydrogen) atoms. The largest absolute Gasteiger partial charge is 0.346 e. The van der Waals surface area contributed by atoms with Gasteiger partial charge in [0, 0.05) is 22.6 Å². The summed E-state index contributed by atoms with van der Waals surface area (Å²) in [7, 11) is -1.13. The van der Waals surface area contributed by atoms with Crippen molar-refractivity contribution in [2.24, 2.45) is 0 Å². The van der Waals surface area contributed by atoms with Crippen LogP contribution in [0.5, 0.6) is 0 Å². The predicted octanol–water partition coefficient (Wildman–Crippen LogP) is 4.31. The topological polar surface area (TPSA) is 75.7 Å². The first-order valence-corrected chi connectivity index (χ1v) is 12.2. The number of hydroxylamine groups is 1. The maximum atomic E-state index is 13.0. The molecule has 0 spiro atoms. The highest BCUT2D eigenvalue weighted by molar-refractivity contribution is 9.10. The van der Waals surface area contributed by atoms with E-state index in [0.717, 1.165) is 41.0 Å². The van der Waals surface area contributed by atoms with Crippen molar-refractivity contribution in [1.29, 1.82) is 0 Å². The Morgan fingerprint density at radius 1 is 1.07 bits per heavy atom. The molecular weight excluding hydrogens is 468 g/mol. The fraction of sp³-hybridized carbons (Fsp3) is 0.409. The number of hydrogen-bond donors (Lipinski definition) is 1. The van der Waals surface area contributed by atoms with E-state index in [2.05, 4.69) is 33.4 Å². The molecule has 0 heterocycles. The molecule has 0 aliphatic heterocycles. The number of hydrogen-bond acceptors (Lipinski definition) is 4. The van der Waals surface area contributed by atoms with Crippen LogP contribution in [0.25, 0.3) is 0 Å². The van der Waals surface area contributed by atoms with Gasteiger partial charge in [-0.05, 0) is 61.2 Å². The van der Waals surface area contributed by atoms with Gasteiger partial charge in [-0.15, -0.1) is 0 Å². The minimum Gasteiger partial charge on any atom is -0.346 e. The van der Waals surface area contributed by atoms with E-state index in [-0.39, 0.29) is 16.3 Å². The van der Waals surface area contributed by atoms with Crippen LogP contribution in [0, 0.1) is 0 Å². The minimum absolute atomic E-state index is 0.0747. The van der Waals surface area contributed by atoms with E-state index in [4.69, 9.17) is 4.84 Å². The van der Waals surface area contributed by atoms with Gasteiger partial charge in [-0.25, -0.2) is 8.42 Å². The molecule has 0 unspecified atom stereocenters. The average Bonchev–Trinajstić information content (AvgIpc) is 2.75. The van der Waals surface area contributed by atoms with Crippen molar-refractivity contribution in [3.05, 3.63) is 64.1 Å². The molecule has 0 bridgehead atoms. The van der Waals surface area contributed by atoms with Gasteiger partial charge in [0.15, 0.2) is 0 Å². The summed E-state index contributed by atoms with van der Waals surface area (Å²) in [6, 6.07) is 14.2. The van der Waals surface area contributed by atoms with Crippen LogP contribution in [0.2, 0.25) is 0 Å². The normalized spacial score (nSPS) is 16.4. The molecule has 6 nitrogen and oxygen atoms in total. The zero-order chi connectivity index (χ0) is 21.8. The Bertz CT molecular complexity index is 969. The van der Waals surface area contributed by atoms with Crippen molar-refractivity contribution in [1.82, 2.24) is 9.79 Å². The molecule has 8 heteroatoms. The summed E-state index contributed by atoms with van der Waals surface area (Å²) in [6.45, 7) is 0. The highest BCUT2D eigenvalue weighted by Gasteiger charge is 2.34. The van der Waals surface area contributed by atoms with Crippen molar-refractivity contribution in [3.8, 4) is 0 Å². The molecule has 3 rings (SSSR count). The Labute approximate surface area is 186 Å². The van der Waals surface area contributed by atoms with E-state index < -0.39 is 10.0 Å². The summed E-state index contributed by atoms with van der Waals surface area (Å²) in [5, 5.41) is 3.27. The van der Waals surface area contributed by atoms with Gasteiger partial charge < -0.3 is 5.32 Å². The quantitative estimate of drug-likeness (QED) is 0.581. The van der Waals surface area contributed by atoms with Crippen LogP contribution >= 0.6 is 15.9 Å². The van der Waals surface area contributed by atoms with Gasteiger partial charge in [-0.1, -0.05) is 51.8 Å². The van der Waals surface area contributed by atoms with Crippen LogP contribution in [0.3, 0.4) is 0 Å². The third-order valence-corrected chi connectivity index (χ3v) is 7.88. The zero-order valence-electron chi connectivity index (χ0n) is 17.2. The second-order valence-corrected chi connectivity index (χ2v) is 10.6. The van der Waals surface area contributed by atoms with E-state index in [9.17, 15) is 13.2 Å². The third kappa shape index (κ3) is 5.29. The van der Waals surface area contributed by atoms with Gasteiger partial charge in [0.25, 0.3) is 15.9 Å². The van der Waals surface area contributed by atoms with E-state index in [1.165, 1.54) is 38.3 Å². The van der Waals surface area contributed by atoms with Crippen molar-refractivity contribution in [3.63, 3.8) is 0 Å². The molecule has 1 N–H and O–H groups in total. The minimum atomic E-state index is -3.74. The van der Waals surface area contributed by atoms with E-state index in [1.807, 2.05) is 12.1 Å². The van der Waals surface area contributed by atoms with Crippen molar-refractivity contribution in [2.45, 2.75) is 49.0 Å². The summed E-state index contributed by atoms with van der Waals surface area (Å²) in [4.78, 5) is 17.9. The molecule has 1 fully saturated rings. The van der Waals surface area contributed by atoms with Gasteiger partial charge in [-0.3, -0.25) is 9.63 Å². The summed E-state index contributed by atoms with van der Waals surface area (Å²) < 4.78 is 26.5. The Morgan fingerprint density at radius 2 is 1.67 bits per heavy atom. The Morgan fingerprint density at radius 3 is 2.23 bits per heavy atom. The van der Waals surface area contributed by atoms with Gasteiger partial charge in [0.05, 0.1) is 12.0 Å². The zero-order valence-corrected chi connectivity index (χ0v) is 19.6. The SMILES string of the molecule is CON(C)S(=O)(=O)c1ccc(C(=O)NC2(Cc3ccc(Br)cc3)CCCCC2)cc1. The molecule has 0 aromatic heterocycles. The number of nitrogens with zero attached hydrogens (tertiary/aromatic N) is 1. The molecular formula is C22H27BrN2O4S. The van der Waals surface area contributed by atoms with Crippen molar-refractivity contribution < 1.29 is 18.0 Å². The third-order valence-electron chi connectivity index (χ3n) is 5.66. The summed E-state index contributed by atoms with van der Waals surface area (Å²) in [5.41, 5.74) is 1.34. The van der Waals surface area contributed by atoms with Crippen LogP contribution in [-0.4, -0.2) is 38.5 Å². The molecule has 1 saturated carbocycles. The lowest BCUT2D eigenvalue weighted by molar-refractivity contribution is -0.0258. The molecule has 1 amide bonds. The number of rotatable bonds is 7. The second kappa shape index (κ2) is 9.60. The number of benzene rings is 2. The van der Waals surface area contributed by atoms with Gasteiger partial charge >= 0.3 is 0 Å². The highest BCUT2D eigenvalue weighted by atomic mass is 79.9. The van der Waals surface area contributed by atoms with Gasteiger partial charge in [0.1, 0.15) is 0 Å².